The highest BCUT2D eigenvalue weighted by Gasteiger charge is 2.44. The van der Waals surface area contributed by atoms with Crippen LogP contribution in [0, 0.1) is 10.1 Å². The lowest BCUT2D eigenvalue weighted by atomic mass is 10.0. The van der Waals surface area contributed by atoms with Crippen LogP contribution in [-0.4, -0.2) is 23.2 Å². The fourth-order valence-electron chi connectivity index (χ4n) is 1.46. The highest BCUT2D eigenvalue weighted by molar-refractivity contribution is 5.11. The highest BCUT2D eigenvalue weighted by atomic mass is 16.6. The van der Waals surface area contributed by atoms with Gasteiger partial charge in [-0.25, -0.2) is 0 Å². The van der Waals surface area contributed by atoms with E-state index in [0.29, 0.717) is 6.42 Å². The van der Waals surface area contributed by atoms with Crippen molar-refractivity contribution in [3.8, 4) is 0 Å². The summed E-state index contributed by atoms with van der Waals surface area (Å²) in [6.07, 6.45) is 3.99. The number of fused-ring (bicyclic) bond motifs is 2. The summed E-state index contributed by atoms with van der Waals surface area (Å²) in [7, 11) is 0. The zero-order valence-electron chi connectivity index (χ0n) is 5.27. The van der Waals surface area contributed by atoms with E-state index in [0.717, 1.165) is 0 Å². The standard InChI is InChI=1S/C6H7NO3/c8-7(9)5-3-4-1-2-6(5)10-4/h1-2,4-6H,3H2. The Bertz CT molecular complexity index is 201. The summed E-state index contributed by atoms with van der Waals surface area (Å²) in [6.45, 7) is 0. The number of nitrogens with zero attached hydrogens (tertiary/aromatic N) is 1. The second-order valence-electron chi connectivity index (χ2n) is 2.61. The van der Waals surface area contributed by atoms with Crippen molar-refractivity contribution in [2.24, 2.45) is 0 Å². The average molecular weight is 141 g/mol. The molecule has 2 aliphatic rings. The molecule has 0 amide bonds. The van der Waals surface area contributed by atoms with Gasteiger partial charge in [0.15, 0.2) is 0 Å². The minimum Gasteiger partial charge on any atom is -0.359 e. The molecule has 0 aromatic carbocycles. The van der Waals surface area contributed by atoms with Crippen LogP contribution in [-0.2, 0) is 4.74 Å². The van der Waals surface area contributed by atoms with E-state index in [1.807, 2.05) is 6.08 Å². The van der Waals surface area contributed by atoms with Crippen LogP contribution < -0.4 is 0 Å². The molecule has 4 heteroatoms. The quantitative estimate of drug-likeness (QED) is 0.301. The van der Waals surface area contributed by atoms with Gasteiger partial charge in [-0.1, -0.05) is 12.2 Å². The van der Waals surface area contributed by atoms with Gasteiger partial charge in [0.2, 0.25) is 6.04 Å². The maximum absolute atomic E-state index is 10.3. The molecule has 2 aliphatic heterocycles. The zero-order chi connectivity index (χ0) is 7.14. The van der Waals surface area contributed by atoms with Crippen molar-refractivity contribution in [1.29, 1.82) is 0 Å². The fourth-order valence-corrected chi connectivity index (χ4v) is 1.46. The van der Waals surface area contributed by atoms with Gasteiger partial charge >= 0.3 is 0 Å². The Balaban J connectivity index is 2.16. The van der Waals surface area contributed by atoms with Crippen LogP contribution in [0.1, 0.15) is 6.42 Å². The molecule has 2 bridgehead atoms. The Kier molecular flexibility index (Phi) is 1.05. The lowest BCUT2D eigenvalue weighted by molar-refractivity contribution is -0.524. The number of ether oxygens (including phenoxy) is 1. The smallest absolute Gasteiger partial charge is 0.245 e. The van der Waals surface area contributed by atoms with E-state index in [9.17, 15) is 10.1 Å². The molecule has 1 fully saturated rings. The molecule has 1 saturated heterocycles. The molecule has 54 valence electrons. The summed E-state index contributed by atoms with van der Waals surface area (Å²) in [5.41, 5.74) is 0. The molecule has 0 radical (unpaired) electrons. The molecule has 0 N–H and O–H groups in total. The van der Waals surface area contributed by atoms with Crippen LogP contribution in [0.15, 0.2) is 12.2 Å². The second-order valence-corrected chi connectivity index (χ2v) is 2.61. The van der Waals surface area contributed by atoms with Gasteiger partial charge in [0.25, 0.3) is 0 Å². The van der Waals surface area contributed by atoms with Gasteiger partial charge in [-0.15, -0.1) is 0 Å². The predicted molar refractivity (Wildman–Crippen MR) is 33.2 cm³/mol. The Hall–Kier alpha value is -0.900. The van der Waals surface area contributed by atoms with Crippen LogP contribution in [0.4, 0.5) is 0 Å². The van der Waals surface area contributed by atoms with Gasteiger partial charge < -0.3 is 4.74 Å². The third-order valence-electron chi connectivity index (χ3n) is 1.97. The minimum atomic E-state index is -0.491. The summed E-state index contributed by atoms with van der Waals surface area (Å²) >= 11 is 0. The van der Waals surface area contributed by atoms with E-state index in [-0.39, 0.29) is 17.1 Å². The molecular weight excluding hydrogens is 134 g/mol. The van der Waals surface area contributed by atoms with E-state index in [4.69, 9.17) is 4.74 Å². The Morgan fingerprint density at radius 3 is 2.70 bits per heavy atom. The van der Waals surface area contributed by atoms with Crippen LogP contribution in [0.25, 0.3) is 0 Å². The second kappa shape index (κ2) is 1.79. The normalized spacial score (nSPS) is 42.6. The van der Waals surface area contributed by atoms with Crippen LogP contribution in [0.2, 0.25) is 0 Å². The van der Waals surface area contributed by atoms with E-state index < -0.39 is 6.04 Å². The third-order valence-corrected chi connectivity index (χ3v) is 1.97. The predicted octanol–water partition coefficient (Wildman–Crippen LogP) is 0.359. The Morgan fingerprint density at radius 1 is 1.60 bits per heavy atom. The molecule has 0 aliphatic carbocycles. The fraction of sp³-hybridized carbons (Fsp3) is 0.667. The molecule has 2 heterocycles. The van der Waals surface area contributed by atoms with E-state index in [2.05, 4.69) is 0 Å². The zero-order valence-corrected chi connectivity index (χ0v) is 5.27. The lowest BCUT2D eigenvalue weighted by Crippen LogP contribution is -2.28. The SMILES string of the molecule is O=[N+]([O-])C1CC2C=CC1O2. The van der Waals surface area contributed by atoms with Crippen LogP contribution in [0.3, 0.4) is 0 Å². The van der Waals surface area contributed by atoms with Gasteiger partial charge in [-0.05, 0) is 0 Å². The first-order valence-corrected chi connectivity index (χ1v) is 3.24. The number of hydrogen-bond donors (Lipinski definition) is 0. The van der Waals surface area contributed by atoms with Crippen LogP contribution in [0.5, 0.6) is 0 Å². The van der Waals surface area contributed by atoms with Crippen molar-refractivity contribution >= 4 is 0 Å². The first kappa shape index (κ1) is 5.85. The third kappa shape index (κ3) is 0.654. The first-order valence-electron chi connectivity index (χ1n) is 3.24. The van der Waals surface area contributed by atoms with Crippen molar-refractivity contribution < 1.29 is 9.66 Å². The van der Waals surface area contributed by atoms with E-state index in [1.54, 1.807) is 6.08 Å². The molecule has 3 unspecified atom stereocenters. The number of hydrogen-bond acceptors (Lipinski definition) is 3. The van der Waals surface area contributed by atoms with Crippen molar-refractivity contribution in [3.05, 3.63) is 22.3 Å². The molecule has 2 rings (SSSR count). The minimum absolute atomic E-state index is 0.0143. The van der Waals surface area contributed by atoms with E-state index >= 15 is 0 Å². The van der Waals surface area contributed by atoms with Gasteiger partial charge in [0, 0.05) is 11.3 Å². The molecule has 0 aromatic heterocycles. The van der Waals surface area contributed by atoms with Crippen molar-refractivity contribution in [3.63, 3.8) is 0 Å². The summed E-state index contributed by atoms with van der Waals surface area (Å²) in [5, 5.41) is 10.3. The highest BCUT2D eigenvalue weighted by Crippen LogP contribution is 2.29. The Labute approximate surface area is 57.6 Å². The Morgan fingerprint density at radius 2 is 2.40 bits per heavy atom. The number of nitro groups is 1. The molecule has 0 spiro atoms. The monoisotopic (exact) mass is 141 g/mol. The topological polar surface area (TPSA) is 52.4 Å². The summed E-state index contributed by atoms with van der Waals surface area (Å²) < 4.78 is 5.19. The molecule has 4 nitrogen and oxygen atoms in total. The molecular formula is C6H7NO3. The first-order chi connectivity index (χ1) is 4.77. The van der Waals surface area contributed by atoms with Crippen LogP contribution >= 0.6 is 0 Å². The summed E-state index contributed by atoms with van der Waals surface area (Å²) in [4.78, 5) is 10.0. The van der Waals surface area contributed by atoms with Crippen molar-refractivity contribution in [2.75, 3.05) is 0 Å². The van der Waals surface area contributed by atoms with Gasteiger partial charge in [-0.2, -0.15) is 0 Å². The maximum atomic E-state index is 10.3. The molecule has 10 heavy (non-hydrogen) atoms. The van der Waals surface area contributed by atoms with E-state index in [1.165, 1.54) is 0 Å². The number of rotatable bonds is 1. The molecule has 0 aromatic rings. The van der Waals surface area contributed by atoms with Gasteiger partial charge in [-0.3, -0.25) is 10.1 Å². The molecule has 0 saturated carbocycles. The summed E-state index contributed by atoms with van der Waals surface area (Å²) in [6, 6.07) is -0.491. The van der Waals surface area contributed by atoms with Gasteiger partial charge in [0.1, 0.15) is 6.10 Å². The largest absolute Gasteiger partial charge is 0.359 e. The van der Waals surface area contributed by atoms with Gasteiger partial charge in [0.05, 0.1) is 6.10 Å². The van der Waals surface area contributed by atoms with Crippen molar-refractivity contribution in [2.45, 2.75) is 24.7 Å². The maximum Gasteiger partial charge on any atom is 0.245 e. The molecule has 3 atom stereocenters. The average Bonchev–Trinajstić information content (AvgIpc) is 2.44. The summed E-state index contributed by atoms with van der Waals surface area (Å²) in [5.74, 6) is 0. The van der Waals surface area contributed by atoms with Crippen molar-refractivity contribution in [1.82, 2.24) is 0 Å². The lowest BCUT2D eigenvalue weighted by Gasteiger charge is -2.05.